The van der Waals surface area contributed by atoms with Gasteiger partial charge >= 0.3 is 11.9 Å². The van der Waals surface area contributed by atoms with Gasteiger partial charge in [-0.2, -0.15) is 0 Å². The Labute approximate surface area is 155 Å². The molecule has 2 aliphatic carbocycles. The normalized spacial score (nSPS) is 39.7. The van der Waals surface area contributed by atoms with E-state index >= 15 is 0 Å². The first kappa shape index (κ1) is 19.2. The molecule has 5 atom stereocenters. The highest BCUT2D eigenvalue weighted by molar-refractivity contribution is 5.90. The van der Waals surface area contributed by atoms with E-state index in [9.17, 15) is 14.7 Å². The molecule has 1 fully saturated rings. The standard InChI is InChI=1S/C21H30O5/c1-13-8-10-21(3)15(18(22)23)6-5-7-16(21)20(13,2)11-9-14-12-17(25-4)26-19(14)24/h6,12-13,16-17H,5,7-11H2,1-4H3,(H,22,23)/t13-,16-,17?,20+,21-/m1/s1. The van der Waals surface area contributed by atoms with Crippen LogP contribution in [0.5, 0.6) is 0 Å². The Balaban J connectivity index is 1.84. The van der Waals surface area contributed by atoms with E-state index < -0.39 is 12.3 Å². The number of carbonyl (C=O) groups excluding carboxylic acids is 1. The maximum Gasteiger partial charge on any atom is 0.336 e. The molecule has 1 saturated carbocycles. The average molecular weight is 362 g/mol. The van der Waals surface area contributed by atoms with Crippen LogP contribution < -0.4 is 0 Å². The third-order valence-electron chi connectivity index (χ3n) is 7.43. The summed E-state index contributed by atoms with van der Waals surface area (Å²) in [6.45, 7) is 6.70. The van der Waals surface area contributed by atoms with Crippen molar-refractivity contribution in [2.45, 2.75) is 65.6 Å². The van der Waals surface area contributed by atoms with Crippen LogP contribution in [0.2, 0.25) is 0 Å². The topological polar surface area (TPSA) is 72.8 Å². The van der Waals surface area contributed by atoms with Gasteiger partial charge in [-0.3, -0.25) is 0 Å². The second-order valence-corrected chi connectivity index (χ2v) is 8.62. The number of aliphatic carboxylic acids is 1. The van der Waals surface area contributed by atoms with Crippen molar-refractivity contribution in [1.82, 2.24) is 0 Å². The Morgan fingerprint density at radius 2 is 2.12 bits per heavy atom. The summed E-state index contributed by atoms with van der Waals surface area (Å²) in [4.78, 5) is 23.9. The Bertz CT molecular complexity index is 663. The van der Waals surface area contributed by atoms with E-state index in [0.717, 1.165) is 32.1 Å². The van der Waals surface area contributed by atoms with Gasteiger partial charge in [-0.15, -0.1) is 0 Å². The van der Waals surface area contributed by atoms with E-state index in [1.807, 2.05) is 6.08 Å². The van der Waals surface area contributed by atoms with Gasteiger partial charge in [0.05, 0.1) is 0 Å². The molecule has 1 aliphatic heterocycles. The summed E-state index contributed by atoms with van der Waals surface area (Å²) in [6, 6.07) is 0. The largest absolute Gasteiger partial charge is 0.478 e. The number of carbonyl (C=O) groups is 2. The van der Waals surface area contributed by atoms with E-state index in [-0.39, 0.29) is 16.8 Å². The van der Waals surface area contributed by atoms with Crippen LogP contribution in [-0.4, -0.2) is 30.4 Å². The van der Waals surface area contributed by atoms with Gasteiger partial charge in [-0.25, -0.2) is 9.59 Å². The number of fused-ring (bicyclic) bond motifs is 1. The van der Waals surface area contributed by atoms with E-state index in [1.165, 1.54) is 7.11 Å². The predicted molar refractivity (Wildman–Crippen MR) is 97.3 cm³/mol. The summed E-state index contributed by atoms with van der Waals surface area (Å²) in [5.41, 5.74) is 0.979. The van der Waals surface area contributed by atoms with Crippen LogP contribution in [0.1, 0.15) is 59.3 Å². The minimum atomic E-state index is -0.779. The molecule has 0 amide bonds. The van der Waals surface area contributed by atoms with E-state index in [0.29, 0.717) is 29.4 Å². The van der Waals surface area contributed by atoms with Gasteiger partial charge in [0.1, 0.15) is 0 Å². The molecule has 3 aliphatic rings. The molecule has 5 heteroatoms. The Morgan fingerprint density at radius 3 is 2.73 bits per heavy atom. The monoisotopic (exact) mass is 362 g/mol. The van der Waals surface area contributed by atoms with Crippen LogP contribution in [0, 0.1) is 22.7 Å². The van der Waals surface area contributed by atoms with Gasteiger partial charge < -0.3 is 14.6 Å². The third kappa shape index (κ3) is 3.00. The van der Waals surface area contributed by atoms with Crippen LogP contribution >= 0.6 is 0 Å². The van der Waals surface area contributed by atoms with Crippen molar-refractivity contribution in [2.24, 2.45) is 22.7 Å². The molecule has 0 bridgehead atoms. The van der Waals surface area contributed by atoms with Gasteiger partial charge in [0.15, 0.2) is 0 Å². The average Bonchev–Trinajstić information content (AvgIpc) is 2.96. The number of allylic oxidation sites excluding steroid dienone is 1. The highest BCUT2D eigenvalue weighted by Crippen LogP contribution is 2.62. The lowest BCUT2D eigenvalue weighted by atomic mass is 9.46. The first-order valence-electron chi connectivity index (χ1n) is 9.61. The van der Waals surface area contributed by atoms with Gasteiger partial charge in [0, 0.05) is 23.7 Å². The Morgan fingerprint density at radius 1 is 1.38 bits per heavy atom. The molecule has 5 nitrogen and oxygen atoms in total. The molecule has 0 aromatic carbocycles. The second kappa shape index (κ2) is 6.84. The van der Waals surface area contributed by atoms with Gasteiger partial charge in [0.2, 0.25) is 6.29 Å². The zero-order chi connectivity index (χ0) is 19.1. The van der Waals surface area contributed by atoms with Gasteiger partial charge in [-0.1, -0.05) is 26.8 Å². The lowest BCUT2D eigenvalue weighted by Crippen LogP contribution is -2.51. The summed E-state index contributed by atoms with van der Waals surface area (Å²) in [6.07, 6.45) is 8.39. The first-order valence-corrected chi connectivity index (χ1v) is 9.61. The molecule has 3 rings (SSSR count). The van der Waals surface area contributed by atoms with Crippen LogP contribution in [0.3, 0.4) is 0 Å². The summed E-state index contributed by atoms with van der Waals surface area (Å²) < 4.78 is 10.3. The SMILES string of the molecule is COC1C=C(CC[C@@]2(C)[C@H](C)CC[C@]3(C)C(C(=O)O)=CCC[C@H]23)C(=O)O1. The molecule has 0 radical (unpaired) electrons. The molecule has 0 aromatic rings. The molecule has 0 saturated heterocycles. The highest BCUT2D eigenvalue weighted by atomic mass is 16.7. The number of ether oxygens (including phenoxy) is 2. The summed E-state index contributed by atoms with van der Waals surface area (Å²) >= 11 is 0. The summed E-state index contributed by atoms with van der Waals surface area (Å²) in [7, 11) is 1.52. The number of carboxylic acids is 1. The van der Waals surface area contributed by atoms with Crippen LogP contribution in [0.25, 0.3) is 0 Å². The first-order chi connectivity index (χ1) is 12.2. The lowest BCUT2D eigenvalue weighted by molar-refractivity contribution is -0.155. The molecule has 1 N–H and O–H groups in total. The van der Waals surface area contributed by atoms with Crippen molar-refractivity contribution in [2.75, 3.05) is 7.11 Å². The Hall–Kier alpha value is -1.62. The quantitative estimate of drug-likeness (QED) is 0.746. The van der Waals surface area contributed by atoms with Crippen LogP contribution in [-0.2, 0) is 19.1 Å². The molecule has 144 valence electrons. The van der Waals surface area contributed by atoms with Crippen molar-refractivity contribution in [1.29, 1.82) is 0 Å². The molecular weight excluding hydrogens is 332 g/mol. The number of methoxy groups -OCH3 is 1. The number of hydrogen-bond acceptors (Lipinski definition) is 4. The molecule has 0 spiro atoms. The number of hydrogen-bond donors (Lipinski definition) is 1. The van der Waals surface area contributed by atoms with E-state index in [2.05, 4.69) is 20.8 Å². The van der Waals surface area contributed by atoms with Crippen molar-refractivity contribution >= 4 is 11.9 Å². The van der Waals surface area contributed by atoms with Crippen LogP contribution in [0.15, 0.2) is 23.3 Å². The lowest BCUT2D eigenvalue weighted by Gasteiger charge is -2.57. The second-order valence-electron chi connectivity index (χ2n) is 8.62. The predicted octanol–water partition coefficient (Wildman–Crippen LogP) is 4.09. The fourth-order valence-electron chi connectivity index (χ4n) is 5.59. The molecule has 26 heavy (non-hydrogen) atoms. The zero-order valence-electron chi connectivity index (χ0n) is 16.2. The van der Waals surface area contributed by atoms with Gasteiger partial charge in [-0.05, 0) is 61.9 Å². The number of rotatable bonds is 5. The Kier molecular flexibility index (Phi) is 5.04. The molecule has 1 heterocycles. The summed E-state index contributed by atoms with van der Waals surface area (Å²) in [5, 5.41) is 9.72. The highest BCUT2D eigenvalue weighted by Gasteiger charge is 2.55. The summed E-state index contributed by atoms with van der Waals surface area (Å²) in [5.74, 6) is -0.267. The van der Waals surface area contributed by atoms with Crippen molar-refractivity contribution in [3.63, 3.8) is 0 Å². The smallest absolute Gasteiger partial charge is 0.336 e. The molecule has 1 unspecified atom stereocenters. The fraction of sp³-hybridized carbons (Fsp3) is 0.714. The minimum Gasteiger partial charge on any atom is -0.478 e. The van der Waals surface area contributed by atoms with Crippen molar-refractivity contribution in [3.8, 4) is 0 Å². The molecule has 0 aromatic heterocycles. The van der Waals surface area contributed by atoms with E-state index in [4.69, 9.17) is 9.47 Å². The number of cyclic esters (lactones) is 1. The van der Waals surface area contributed by atoms with Crippen LogP contribution in [0.4, 0.5) is 0 Å². The third-order valence-corrected chi connectivity index (χ3v) is 7.43. The maximum absolute atomic E-state index is 12.0. The van der Waals surface area contributed by atoms with Crippen molar-refractivity contribution < 1.29 is 24.2 Å². The van der Waals surface area contributed by atoms with Crippen molar-refractivity contribution in [3.05, 3.63) is 23.3 Å². The maximum atomic E-state index is 12.0. The number of esters is 1. The number of carboxylic acid groups (broad SMARTS) is 1. The molecular formula is C21H30O5. The van der Waals surface area contributed by atoms with E-state index in [1.54, 1.807) is 6.08 Å². The zero-order valence-corrected chi connectivity index (χ0v) is 16.2. The fourth-order valence-corrected chi connectivity index (χ4v) is 5.59. The minimum absolute atomic E-state index is 0.00572. The van der Waals surface area contributed by atoms with Gasteiger partial charge in [0.25, 0.3) is 0 Å².